The summed E-state index contributed by atoms with van der Waals surface area (Å²) in [6.07, 6.45) is 6.33. The summed E-state index contributed by atoms with van der Waals surface area (Å²) in [6.45, 7) is 6.09. The van der Waals surface area contributed by atoms with Gasteiger partial charge >= 0.3 is 0 Å². The van der Waals surface area contributed by atoms with Crippen molar-refractivity contribution in [2.45, 2.75) is 13.3 Å². The molecule has 2 aromatic carbocycles. The van der Waals surface area contributed by atoms with Gasteiger partial charge in [0.15, 0.2) is 0 Å². The molecular weight excluding hydrogens is 316 g/mol. The molecule has 2 aromatic heterocycles. The molecule has 0 N–H and O–H groups in total. The van der Waals surface area contributed by atoms with Gasteiger partial charge in [-0.25, -0.2) is 0 Å². The number of benzene rings is 2. The summed E-state index contributed by atoms with van der Waals surface area (Å²) in [5.74, 6) is 0. The van der Waals surface area contributed by atoms with E-state index in [1.54, 1.807) is 0 Å². The second kappa shape index (κ2) is 6.93. The second-order valence-corrected chi connectivity index (χ2v) is 6.39. The molecule has 0 bridgehead atoms. The van der Waals surface area contributed by atoms with Crippen LogP contribution < -0.4 is 0 Å². The molecule has 0 amide bonds. The third-order valence-electron chi connectivity index (χ3n) is 4.88. The van der Waals surface area contributed by atoms with Gasteiger partial charge in [-0.1, -0.05) is 61.2 Å². The molecule has 0 radical (unpaired) electrons. The van der Waals surface area contributed by atoms with Crippen LogP contribution in [0.2, 0.25) is 0 Å². The number of hydrogen-bond donors (Lipinski definition) is 0. The molecule has 2 heterocycles. The molecule has 4 rings (SSSR count). The Kier molecular flexibility index (Phi) is 4.32. The molecular formula is C24H20N2. The third kappa shape index (κ3) is 2.91. The van der Waals surface area contributed by atoms with Crippen LogP contribution in [0.15, 0.2) is 79.6 Å². The first-order valence-electron chi connectivity index (χ1n) is 8.77. The van der Waals surface area contributed by atoms with Crippen molar-refractivity contribution in [3.05, 3.63) is 102 Å². The van der Waals surface area contributed by atoms with Crippen molar-refractivity contribution in [1.82, 2.24) is 9.97 Å². The van der Waals surface area contributed by atoms with Crippen LogP contribution in [0, 0.1) is 6.92 Å². The number of aromatic nitrogens is 2. The molecule has 0 aliphatic carbocycles. The van der Waals surface area contributed by atoms with Crippen LogP contribution >= 0.6 is 0 Å². The van der Waals surface area contributed by atoms with Crippen molar-refractivity contribution in [3.8, 4) is 11.1 Å². The molecule has 0 saturated heterocycles. The van der Waals surface area contributed by atoms with Gasteiger partial charge in [-0.05, 0) is 46.9 Å². The minimum Gasteiger partial charge on any atom is -0.259 e. The Labute approximate surface area is 153 Å². The first kappa shape index (κ1) is 16.2. The fourth-order valence-electron chi connectivity index (χ4n) is 3.45. The van der Waals surface area contributed by atoms with Gasteiger partial charge < -0.3 is 0 Å². The molecule has 4 aromatic rings. The van der Waals surface area contributed by atoms with Crippen molar-refractivity contribution < 1.29 is 0 Å². The number of pyridine rings is 2. The van der Waals surface area contributed by atoms with Gasteiger partial charge in [0.25, 0.3) is 0 Å². The van der Waals surface area contributed by atoms with Gasteiger partial charge in [0.2, 0.25) is 0 Å². The van der Waals surface area contributed by atoms with Gasteiger partial charge in [-0.3, -0.25) is 9.97 Å². The molecule has 126 valence electrons. The topological polar surface area (TPSA) is 25.8 Å². The Morgan fingerprint density at radius 3 is 2.50 bits per heavy atom. The van der Waals surface area contributed by atoms with E-state index >= 15 is 0 Å². The van der Waals surface area contributed by atoms with Crippen molar-refractivity contribution in [2.24, 2.45) is 0 Å². The van der Waals surface area contributed by atoms with Crippen LogP contribution in [-0.4, -0.2) is 9.97 Å². The predicted molar refractivity (Wildman–Crippen MR) is 109 cm³/mol. The van der Waals surface area contributed by atoms with Gasteiger partial charge in [-0.15, -0.1) is 0 Å². The molecule has 0 aliphatic heterocycles. The Balaban J connectivity index is 1.80. The zero-order valence-corrected chi connectivity index (χ0v) is 14.8. The van der Waals surface area contributed by atoms with Crippen molar-refractivity contribution in [1.29, 1.82) is 0 Å². The lowest BCUT2D eigenvalue weighted by Gasteiger charge is -2.13. The van der Waals surface area contributed by atoms with E-state index in [1.807, 2.05) is 36.7 Å². The van der Waals surface area contributed by atoms with E-state index in [4.69, 9.17) is 0 Å². The minimum atomic E-state index is 0.761. The monoisotopic (exact) mass is 336 g/mol. The number of nitrogens with zero attached hydrogens (tertiary/aromatic N) is 2. The fourth-order valence-corrected chi connectivity index (χ4v) is 3.45. The molecule has 0 saturated carbocycles. The van der Waals surface area contributed by atoms with Crippen LogP contribution in [0.3, 0.4) is 0 Å². The maximum absolute atomic E-state index is 4.62. The second-order valence-electron chi connectivity index (χ2n) is 6.39. The number of fused-ring (bicyclic) bond motifs is 1. The molecule has 0 atom stereocenters. The number of hydrogen-bond acceptors (Lipinski definition) is 2. The molecule has 0 unspecified atom stereocenters. The lowest BCUT2D eigenvalue weighted by atomic mass is 9.94. The minimum absolute atomic E-state index is 0.761. The van der Waals surface area contributed by atoms with E-state index in [1.165, 1.54) is 22.3 Å². The Hall–Kier alpha value is -3.26. The molecule has 2 heteroatoms. The van der Waals surface area contributed by atoms with Crippen molar-refractivity contribution in [3.63, 3.8) is 0 Å². The highest BCUT2D eigenvalue weighted by atomic mass is 14.7. The maximum Gasteiger partial charge on any atom is 0.0926 e. The Morgan fingerprint density at radius 2 is 1.69 bits per heavy atom. The van der Waals surface area contributed by atoms with E-state index in [0.717, 1.165) is 28.6 Å². The van der Waals surface area contributed by atoms with Crippen molar-refractivity contribution >= 4 is 17.0 Å². The van der Waals surface area contributed by atoms with Gasteiger partial charge in [0, 0.05) is 24.2 Å². The summed E-state index contributed by atoms with van der Waals surface area (Å²) < 4.78 is 0. The van der Waals surface area contributed by atoms with E-state index in [0.29, 0.717) is 0 Å². The molecule has 2 nitrogen and oxygen atoms in total. The molecule has 26 heavy (non-hydrogen) atoms. The lowest BCUT2D eigenvalue weighted by molar-refractivity contribution is 1.07. The average Bonchev–Trinajstić information content (AvgIpc) is 2.70. The fraction of sp³-hybridized carbons (Fsp3) is 0.0833. The standard InChI is InChI=1S/C24H20N2/c1-3-18-12-14-26-24-22(18)13-15-25-23(24)16-20-10-7-11-21(17(20)2)19-8-5-4-6-9-19/h3-15H,1,16H2,2H3. The van der Waals surface area contributed by atoms with Gasteiger partial charge in [-0.2, -0.15) is 0 Å². The highest BCUT2D eigenvalue weighted by Gasteiger charge is 2.11. The summed E-state index contributed by atoms with van der Waals surface area (Å²) in [6, 6.07) is 21.0. The van der Waals surface area contributed by atoms with E-state index < -0.39 is 0 Å². The normalized spacial score (nSPS) is 10.8. The average molecular weight is 336 g/mol. The largest absolute Gasteiger partial charge is 0.259 e. The summed E-state index contributed by atoms with van der Waals surface area (Å²) in [7, 11) is 0. The Morgan fingerprint density at radius 1 is 0.885 bits per heavy atom. The van der Waals surface area contributed by atoms with E-state index in [9.17, 15) is 0 Å². The maximum atomic E-state index is 4.62. The zero-order valence-electron chi connectivity index (χ0n) is 14.8. The lowest BCUT2D eigenvalue weighted by Crippen LogP contribution is -1.99. The van der Waals surface area contributed by atoms with Crippen LogP contribution in [0.1, 0.15) is 22.4 Å². The van der Waals surface area contributed by atoms with Crippen LogP contribution in [0.25, 0.3) is 28.1 Å². The summed E-state index contributed by atoms with van der Waals surface area (Å²) in [5.41, 5.74) is 8.12. The first-order chi connectivity index (χ1) is 12.8. The van der Waals surface area contributed by atoms with Crippen LogP contribution in [0.5, 0.6) is 0 Å². The molecule has 0 spiro atoms. The predicted octanol–water partition coefficient (Wildman–Crippen LogP) is 5.84. The highest BCUT2D eigenvalue weighted by molar-refractivity contribution is 5.88. The SMILES string of the molecule is C=Cc1ccnc2c(Cc3cccc(-c4ccccc4)c3C)nccc12. The highest BCUT2D eigenvalue weighted by Crippen LogP contribution is 2.28. The van der Waals surface area contributed by atoms with Crippen LogP contribution in [0.4, 0.5) is 0 Å². The van der Waals surface area contributed by atoms with Crippen LogP contribution in [-0.2, 0) is 6.42 Å². The third-order valence-corrected chi connectivity index (χ3v) is 4.88. The summed E-state index contributed by atoms with van der Waals surface area (Å²) in [4.78, 5) is 9.21. The number of rotatable bonds is 4. The van der Waals surface area contributed by atoms with Crippen molar-refractivity contribution in [2.75, 3.05) is 0 Å². The van der Waals surface area contributed by atoms with E-state index in [-0.39, 0.29) is 0 Å². The smallest absolute Gasteiger partial charge is 0.0926 e. The van der Waals surface area contributed by atoms with Gasteiger partial charge in [0.05, 0.1) is 11.2 Å². The van der Waals surface area contributed by atoms with Gasteiger partial charge in [0.1, 0.15) is 0 Å². The quantitative estimate of drug-likeness (QED) is 0.468. The molecule has 0 aliphatic rings. The molecule has 0 fully saturated rings. The first-order valence-corrected chi connectivity index (χ1v) is 8.77. The summed E-state index contributed by atoms with van der Waals surface area (Å²) >= 11 is 0. The van der Waals surface area contributed by atoms with E-state index in [2.05, 4.69) is 65.9 Å². The zero-order chi connectivity index (χ0) is 17.9. The summed E-state index contributed by atoms with van der Waals surface area (Å²) in [5, 5.41) is 1.10. The Bertz CT molecular complexity index is 1080.